The molecule has 1 heterocycles. The minimum atomic E-state index is -4.02. The Morgan fingerprint density at radius 3 is 2.08 bits per heavy atom. The number of rotatable bonds is 8. The molecule has 0 radical (unpaired) electrons. The van der Waals surface area contributed by atoms with E-state index in [1.54, 1.807) is 60.7 Å². The largest absolute Gasteiger partial charge is 0.449 e. The smallest absolute Gasteiger partial charge is 0.303 e. The first kappa shape index (κ1) is 26.6. The second-order valence-corrected chi connectivity index (χ2v) is 10.6. The van der Waals surface area contributed by atoms with Crippen molar-refractivity contribution in [3.05, 3.63) is 101 Å². The van der Waals surface area contributed by atoms with Crippen LogP contribution < -0.4 is 0 Å². The molecule has 8 nitrogen and oxygen atoms in total. The molecule has 9 heteroatoms. The quantitative estimate of drug-likeness (QED) is 0.190. The molecule has 194 valence electrons. The average molecular weight is 531 g/mol. The monoisotopic (exact) mass is 530 g/mol. The second kappa shape index (κ2) is 11.3. The van der Waals surface area contributed by atoms with Gasteiger partial charge in [-0.2, -0.15) is 0 Å². The summed E-state index contributed by atoms with van der Waals surface area (Å²) < 4.78 is 33.3. The van der Waals surface area contributed by atoms with E-state index in [4.69, 9.17) is 4.74 Å². The Labute approximate surface area is 221 Å². The number of imide groups is 1. The van der Waals surface area contributed by atoms with Crippen molar-refractivity contribution in [1.82, 2.24) is 9.21 Å². The third-order valence-corrected chi connectivity index (χ3v) is 7.60. The highest BCUT2D eigenvalue weighted by Gasteiger charge is 2.35. The minimum absolute atomic E-state index is 0.0157. The molecule has 1 aliphatic heterocycles. The van der Waals surface area contributed by atoms with Gasteiger partial charge in [0.1, 0.15) is 0 Å². The fourth-order valence-electron chi connectivity index (χ4n) is 3.96. The summed E-state index contributed by atoms with van der Waals surface area (Å²) in [6, 6.07) is 24.6. The predicted molar refractivity (Wildman–Crippen MR) is 140 cm³/mol. The lowest BCUT2D eigenvalue weighted by Gasteiger charge is -2.20. The molecular formula is C29H26N2O6S. The van der Waals surface area contributed by atoms with Crippen molar-refractivity contribution in [3.8, 4) is 12.0 Å². The molecule has 3 aromatic rings. The lowest BCUT2D eigenvalue weighted by Crippen LogP contribution is -2.33. The van der Waals surface area contributed by atoms with E-state index in [-0.39, 0.29) is 24.4 Å². The first-order valence-electron chi connectivity index (χ1n) is 11.9. The fourth-order valence-corrected chi connectivity index (χ4v) is 5.19. The molecular weight excluding hydrogens is 504 g/mol. The predicted octanol–water partition coefficient (Wildman–Crippen LogP) is 3.76. The first-order chi connectivity index (χ1) is 18.2. The van der Waals surface area contributed by atoms with Crippen LogP contribution in [0.4, 0.5) is 0 Å². The maximum Gasteiger partial charge on any atom is 0.303 e. The summed E-state index contributed by atoms with van der Waals surface area (Å²) in [4.78, 5) is 38.3. The van der Waals surface area contributed by atoms with Crippen molar-refractivity contribution in [2.45, 2.75) is 37.8 Å². The van der Waals surface area contributed by atoms with Gasteiger partial charge in [-0.1, -0.05) is 60.2 Å². The summed E-state index contributed by atoms with van der Waals surface area (Å²) in [7, 11) is -4.02. The molecule has 2 amide bonds. The van der Waals surface area contributed by atoms with Gasteiger partial charge in [-0.25, -0.2) is 12.7 Å². The van der Waals surface area contributed by atoms with Crippen molar-refractivity contribution >= 4 is 27.8 Å². The van der Waals surface area contributed by atoms with Crippen LogP contribution >= 0.6 is 0 Å². The Balaban J connectivity index is 1.60. The van der Waals surface area contributed by atoms with Gasteiger partial charge in [0.25, 0.3) is 21.8 Å². The third-order valence-electron chi connectivity index (χ3n) is 5.93. The zero-order valence-corrected chi connectivity index (χ0v) is 21.8. The van der Waals surface area contributed by atoms with Gasteiger partial charge in [0.2, 0.25) is 0 Å². The van der Waals surface area contributed by atoms with E-state index < -0.39 is 33.9 Å². The Bertz CT molecular complexity index is 1490. The number of carbonyl (C=O) groups excluding carboxylic acids is 3. The molecule has 0 aliphatic carbocycles. The van der Waals surface area contributed by atoms with Crippen LogP contribution in [0.1, 0.15) is 45.2 Å². The van der Waals surface area contributed by atoms with Crippen LogP contribution in [0.5, 0.6) is 0 Å². The number of sulfonamides is 1. The standard InChI is InChI=1S/C29H26N2O6S/c1-21-12-14-25(15-13-21)38(35,36)30(20-23-8-4-3-5-9-23)18-16-24(37-22(2)32)17-19-31-28(33)26-10-6-7-11-27(26)29(31)34/h3-15,24H,17,19-20H2,1-2H3. The molecule has 0 fully saturated rings. The van der Waals surface area contributed by atoms with Crippen LogP contribution in [0.2, 0.25) is 0 Å². The zero-order chi connectivity index (χ0) is 27.3. The molecule has 0 saturated heterocycles. The number of hydrogen-bond acceptors (Lipinski definition) is 6. The summed E-state index contributed by atoms with van der Waals surface area (Å²) in [6.07, 6.45) is -1.04. The van der Waals surface area contributed by atoms with Crippen molar-refractivity contribution in [3.63, 3.8) is 0 Å². The van der Waals surface area contributed by atoms with Gasteiger partial charge in [0, 0.05) is 25.9 Å². The molecule has 0 spiro atoms. The summed E-state index contributed by atoms with van der Waals surface area (Å²) >= 11 is 0. The van der Waals surface area contributed by atoms with Gasteiger partial charge in [-0.05, 0) is 42.7 Å². The number of nitrogens with zero attached hydrogens (tertiary/aromatic N) is 2. The molecule has 1 atom stereocenters. The molecule has 1 unspecified atom stereocenters. The normalized spacial score (nSPS) is 13.4. The Morgan fingerprint density at radius 1 is 0.921 bits per heavy atom. The molecule has 4 rings (SSSR count). The Morgan fingerprint density at radius 2 is 1.50 bits per heavy atom. The number of hydrogen-bond donors (Lipinski definition) is 0. The van der Waals surface area contributed by atoms with Crippen LogP contribution in [0.3, 0.4) is 0 Å². The Hall–Kier alpha value is -4.42. The van der Waals surface area contributed by atoms with Crippen molar-refractivity contribution in [2.24, 2.45) is 0 Å². The average Bonchev–Trinajstić information content (AvgIpc) is 3.14. The number of benzene rings is 3. The van der Waals surface area contributed by atoms with Crippen LogP contribution in [-0.2, 0) is 26.1 Å². The lowest BCUT2D eigenvalue weighted by atomic mass is 10.1. The SMILES string of the molecule is CC(=O)OC(C#CN(Cc1ccccc1)S(=O)(=O)c1ccc(C)cc1)CCN1C(=O)c2ccccc2C1=O. The van der Waals surface area contributed by atoms with E-state index in [0.717, 1.165) is 14.8 Å². The topological polar surface area (TPSA) is 101 Å². The fraction of sp³-hybridized carbons (Fsp3) is 0.207. The Kier molecular flexibility index (Phi) is 7.93. The van der Waals surface area contributed by atoms with E-state index >= 15 is 0 Å². The van der Waals surface area contributed by atoms with Crippen LogP contribution in [-0.4, -0.2) is 48.1 Å². The highest BCUT2D eigenvalue weighted by atomic mass is 32.2. The van der Waals surface area contributed by atoms with Crippen LogP contribution in [0.25, 0.3) is 0 Å². The van der Waals surface area contributed by atoms with E-state index in [1.165, 1.54) is 19.1 Å². The highest BCUT2D eigenvalue weighted by Crippen LogP contribution is 2.23. The zero-order valence-electron chi connectivity index (χ0n) is 21.0. The minimum Gasteiger partial charge on any atom is -0.449 e. The number of fused-ring (bicyclic) bond motifs is 1. The first-order valence-corrected chi connectivity index (χ1v) is 13.4. The second-order valence-electron chi connectivity index (χ2n) is 8.76. The number of ether oxygens (including phenoxy) is 1. The van der Waals surface area contributed by atoms with Gasteiger partial charge in [0.05, 0.1) is 22.6 Å². The van der Waals surface area contributed by atoms with E-state index in [9.17, 15) is 22.8 Å². The van der Waals surface area contributed by atoms with Gasteiger partial charge in [-0.15, -0.1) is 0 Å². The highest BCUT2D eigenvalue weighted by molar-refractivity contribution is 7.89. The van der Waals surface area contributed by atoms with Gasteiger partial charge in [-0.3, -0.25) is 19.3 Å². The van der Waals surface area contributed by atoms with E-state index in [1.807, 2.05) is 13.0 Å². The van der Waals surface area contributed by atoms with Crippen LogP contribution in [0, 0.1) is 18.9 Å². The molecule has 3 aromatic carbocycles. The number of aryl methyl sites for hydroxylation is 1. The van der Waals surface area contributed by atoms with Gasteiger partial charge in [0.15, 0.2) is 6.10 Å². The number of carbonyl (C=O) groups is 3. The summed E-state index contributed by atoms with van der Waals surface area (Å²) in [5.74, 6) is 1.24. The third kappa shape index (κ3) is 5.93. The number of amides is 2. The number of esters is 1. The molecule has 1 aliphatic rings. The summed E-state index contributed by atoms with van der Waals surface area (Å²) in [6.45, 7) is 2.98. The van der Waals surface area contributed by atoms with Crippen molar-refractivity contribution in [1.29, 1.82) is 0 Å². The molecule has 0 bridgehead atoms. The van der Waals surface area contributed by atoms with E-state index in [0.29, 0.717) is 16.7 Å². The van der Waals surface area contributed by atoms with Gasteiger partial charge < -0.3 is 4.74 Å². The maximum absolute atomic E-state index is 13.5. The lowest BCUT2D eigenvalue weighted by molar-refractivity contribution is -0.143. The van der Waals surface area contributed by atoms with Gasteiger partial charge >= 0.3 is 5.97 Å². The van der Waals surface area contributed by atoms with Crippen molar-refractivity contribution in [2.75, 3.05) is 6.54 Å². The maximum atomic E-state index is 13.5. The molecule has 0 saturated carbocycles. The molecule has 0 N–H and O–H groups in total. The molecule has 0 aromatic heterocycles. The van der Waals surface area contributed by atoms with Crippen LogP contribution in [0.15, 0.2) is 83.8 Å². The summed E-state index contributed by atoms with van der Waals surface area (Å²) in [5.41, 5.74) is 2.25. The molecule has 38 heavy (non-hydrogen) atoms. The van der Waals surface area contributed by atoms with E-state index in [2.05, 4.69) is 12.0 Å². The summed E-state index contributed by atoms with van der Waals surface area (Å²) in [5, 5.41) is 0. The van der Waals surface area contributed by atoms with Crippen molar-refractivity contribution < 1.29 is 27.5 Å².